The molecule has 5 heteroatoms. The van der Waals surface area contributed by atoms with Crippen molar-refractivity contribution in [3.8, 4) is 11.1 Å². The highest BCUT2D eigenvalue weighted by atomic mass is 16.5. The summed E-state index contributed by atoms with van der Waals surface area (Å²) in [5.74, 6) is -0.910. The molecule has 0 radical (unpaired) electrons. The second-order valence-corrected chi connectivity index (χ2v) is 5.90. The summed E-state index contributed by atoms with van der Waals surface area (Å²) in [7, 11) is 0. The second-order valence-electron chi connectivity index (χ2n) is 5.90. The number of hydrogen-bond acceptors (Lipinski definition) is 4. The van der Waals surface area contributed by atoms with Crippen LogP contribution in [0.25, 0.3) is 11.1 Å². The summed E-state index contributed by atoms with van der Waals surface area (Å²) in [6.45, 7) is 3.37. The highest BCUT2D eigenvalue weighted by Crippen LogP contribution is 2.20. The number of rotatable bonds is 8. The fraction of sp³-hybridized carbons (Fsp3) is 0.286. The van der Waals surface area contributed by atoms with Gasteiger partial charge >= 0.3 is 5.97 Å². The van der Waals surface area contributed by atoms with Crippen molar-refractivity contribution in [3.05, 3.63) is 60.2 Å². The lowest BCUT2D eigenvalue weighted by Gasteiger charge is -2.16. The first kappa shape index (κ1) is 19.4. The molecule has 0 aromatic heterocycles. The molecule has 2 aromatic rings. The lowest BCUT2D eigenvalue weighted by atomic mass is 9.97. The minimum atomic E-state index is -0.750. The molecule has 1 amide bonds. The summed E-state index contributed by atoms with van der Waals surface area (Å²) in [5, 5.41) is 2.63. The van der Waals surface area contributed by atoms with E-state index >= 15 is 0 Å². The van der Waals surface area contributed by atoms with E-state index in [1.54, 1.807) is 19.1 Å². The van der Waals surface area contributed by atoms with Gasteiger partial charge in [0.25, 0.3) is 0 Å². The molecule has 1 unspecified atom stereocenters. The first-order valence-corrected chi connectivity index (χ1v) is 8.63. The van der Waals surface area contributed by atoms with Gasteiger partial charge in [0.15, 0.2) is 5.78 Å². The van der Waals surface area contributed by atoms with Gasteiger partial charge in [-0.05, 0) is 24.5 Å². The highest BCUT2D eigenvalue weighted by molar-refractivity contribution is 6.02. The maximum atomic E-state index is 12.7. The average molecular weight is 353 g/mol. The van der Waals surface area contributed by atoms with Crippen molar-refractivity contribution in [2.45, 2.75) is 32.7 Å². The minimum Gasteiger partial charge on any atom is -0.466 e. The lowest BCUT2D eigenvalue weighted by molar-refractivity contribution is -0.143. The van der Waals surface area contributed by atoms with E-state index in [-0.39, 0.29) is 30.5 Å². The van der Waals surface area contributed by atoms with Crippen LogP contribution in [0.5, 0.6) is 0 Å². The van der Waals surface area contributed by atoms with Crippen LogP contribution in [0.15, 0.2) is 54.6 Å². The zero-order valence-electron chi connectivity index (χ0n) is 15.0. The van der Waals surface area contributed by atoms with E-state index < -0.39 is 6.04 Å². The molecule has 0 saturated carbocycles. The van der Waals surface area contributed by atoms with Gasteiger partial charge in [0.1, 0.15) is 0 Å². The predicted octanol–water partition coefficient (Wildman–Crippen LogP) is 3.38. The molecule has 0 aliphatic rings. The zero-order chi connectivity index (χ0) is 18.9. The Morgan fingerprint density at radius 3 is 2.15 bits per heavy atom. The number of ether oxygens (including phenoxy) is 1. The smallest absolute Gasteiger partial charge is 0.305 e. The molecule has 0 aliphatic heterocycles. The van der Waals surface area contributed by atoms with Crippen molar-refractivity contribution in [1.29, 1.82) is 0 Å². The number of amides is 1. The van der Waals surface area contributed by atoms with Crippen LogP contribution in [-0.4, -0.2) is 30.3 Å². The van der Waals surface area contributed by atoms with E-state index in [0.29, 0.717) is 12.2 Å². The van der Waals surface area contributed by atoms with E-state index in [2.05, 4.69) is 5.32 Å². The Morgan fingerprint density at radius 2 is 1.58 bits per heavy atom. The van der Waals surface area contributed by atoms with Gasteiger partial charge in [-0.2, -0.15) is 0 Å². The Kier molecular flexibility index (Phi) is 7.09. The second kappa shape index (κ2) is 9.51. The Bertz CT molecular complexity index is 753. The van der Waals surface area contributed by atoms with E-state index in [0.717, 1.165) is 11.1 Å². The average Bonchev–Trinajstić information content (AvgIpc) is 2.65. The van der Waals surface area contributed by atoms with Gasteiger partial charge < -0.3 is 10.1 Å². The third-order valence-electron chi connectivity index (χ3n) is 3.91. The number of nitrogens with one attached hydrogen (secondary N) is 1. The molecule has 0 fully saturated rings. The molecular formula is C21H23NO4. The third kappa shape index (κ3) is 5.55. The van der Waals surface area contributed by atoms with E-state index in [4.69, 9.17) is 4.74 Å². The normalized spacial score (nSPS) is 11.5. The fourth-order valence-electron chi connectivity index (χ4n) is 2.67. The van der Waals surface area contributed by atoms with Gasteiger partial charge in [0.2, 0.25) is 5.91 Å². The standard InChI is InChI=1S/C21H23NO4/c1-3-26-20(24)14-13-19(22-15(2)23)21(25)18-11-9-17(10-12-18)16-7-5-4-6-8-16/h4-12,19H,3,13-14H2,1-2H3,(H,22,23). The van der Waals surface area contributed by atoms with Crippen molar-refractivity contribution in [1.82, 2.24) is 5.32 Å². The predicted molar refractivity (Wildman–Crippen MR) is 99.7 cm³/mol. The van der Waals surface area contributed by atoms with E-state index in [9.17, 15) is 14.4 Å². The van der Waals surface area contributed by atoms with Crippen LogP contribution >= 0.6 is 0 Å². The Hall–Kier alpha value is -2.95. The van der Waals surface area contributed by atoms with Crippen LogP contribution in [0.3, 0.4) is 0 Å². The lowest BCUT2D eigenvalue weighted by Crippen LogP contribution is -2.40. The van der Waals surface area contributed by atoms with Crippen LogP contribution in [0, 0.1) is 0 Å². The van der Waals surface area contributed by atoms with Gasteiger partial charge in [-0.1, -0.05) is 54.6 Å². The van der Waals surface area contributed by atoms with Gasteiger partial charge in [-0.25, -0.2) is 0 Å². The highest BCUT2D eigenvalue weighted by Gasteiger charge is 2.22. The Balaban J connectivity index is 2.11. The van der Waals surface area contributed by atoms with Crippen LogP contribution in [0.4, 0.5) is 0 Å². The molecule has 1 atom stereocenters. The fourth-order valence-corrected chi connectivity index (χ4v) is 2.67. The molecule has 0 saturated heterocycles. The maximum absolute atomic E-state index is 12.7. The molecule has 2 aromatic carbocycles. The van der Waals surface area contributed by atoms with Crippen molar-refractivity contribution < 1.29 is 19.1 Å². The van der Waals surface area contributed by atoms with Gasteiger partial charge in [0.05, 0.1) is 12.6 Å². The molecular weight excluding hydrogens is 330 g/mol. The number of Topliss-reactive ketones (excluding diaryl/α,β-unsaturated/α-hetero) is 1. The number of esters is 1. The quantitative estimate of drug-likeness (QED) is 0.583. The van der Waals surface area contributed by atoms with Crippen LogP contribution in [-0.2, 0) is 14.3 Å². The number of carbonyl (C=O) groups is 3. The zero-order valence-corrected chi connectivity index (χ0v) is 15.0. The SMILES string of the molecule is CCOC(=O)CCC(NC(C)=O)C(=O)c1ccc(-c2ccccc2)cc1. The maximum Gasteiger partial charge on any atom is 0.305 e. The Labute approximate surface area is 153 Å². The summed E-state index contributed by atoms with van der Waals surface area (Å²) in [4.78, 5) is 35.7. The van der Waals surface area contributed by atoms with Crippen LogP contribution in [0.2, 0.25) is 0 Å². The number of ketones is 1. The van der Waals surface area contributed by atoms with Gasteiger partial charge in [-0.3, -0.25) is 14.4 Å². The third-order valence-corrected chi connectivity index (χ3v) is 3.91. The number of hydrogen-bond donors (Lipinski definition) is 1. The number of carbonyl (C=O) groups excluding carboxylic acids is 3. The van der Waals surface area contributed by atoms with Crippen LogP contribution in [0.1, 0.15) is 37.0 Å². The first-order chi connectivity index (χ1) is 12.5. The summed E-state index contributed by atoms with van der Waals surface area (Å²) in [5.41, 5.74) is 2.56. The molecule has 1 N–H and O–H groups in total. The number of benzene rings is 2. The van der Waals surface area contributed by atoms with Crippen molar-refractivity contribution in [2.24, 2.45) is 0 Å². The van der Waals surface area contributed by atoms with Gasteiger partial charge in [-0.15, -0.1) is 0 Å². The Morgan fingerprint density at radius 1 is 0.962 bits per heavy atom. The minimum absolute atomic E-state index is 0.0760. The van der Waals surface area contributed by atoms with Gasteiger partial charge in [0, 0.05) is 18.9 Å². The molecule has 0 heterocycles. The molecule has 136 valence electrons. The largest absolute Gasteiger partial charge is 0.466 e. The first-order valence-electron chi connectivity index (χ1n) is 8.63. The molecule has 2 rings (SSSR count). The molecule has 0 bridgehead atoms. The summed E-state index contributed by atoms with van der Waals surface area (Å²) in [6, 6.07) is 16.3. The molecule has 26 heavy (non-hydrogen) atoms. The van der Waals surface area contributed by atoms with Crippen molar-refractivity contribution in [2.75, 3.05) is 6.61 Å². The summed E-state index contributed by atoms with van der Waals surface area (Å²) < 4.78 is 4.88. The molecule has 0 aliphatic carbocycles. The molecule has 0 spiro atoms. The monoisotopic (exact) mass is 353 g/mol. The molecule has 5 nitrogen and oxygen atoms in total. The van der Waals surface area contributed by atoms with Crippen molar-refractivity contribution >= 4 is 17.7 Å². The van der Waals surface area contributed by atoms with Crippen molar-refractivity contribution in [3.63, 3.8) is 0 Å². The summed E-state index contributed by atoms with van der Waals surface area (Å²) in [6.07, 6.45) is 0.282. The topological polar surface area (TPSA) is 72.5 Å². The van der Waals surface area contributed by atoms with E-state index in [1.165, 1.54) is 6.92 Å². The summed E-state index contributed by atoms with van der Waals surface area (Å²) >= 11 is 0. The van der Waals surface area contributed by atoms with Crippen LogP contribution < -0.4 is 5.32 Å². The van der Waals surface area contributed by atoms with E-state index in [1.807, 2.05) is 42.5 Å².